The number of halogens is 3. The van der Waals surface area contributed by atoms with Crippen LogP contribution in [0.1, 0.15) is 27.7 Å². The molecule has 2 amide bonds. The highest BCUT2D eigenvalue weighted by molar-refractivity contribution is 6.76. The first-order valence-electron chi connectivity index (χ1n) is 8.25. The minimum atomic E-state index is -3.84. The van der Waals surface area contributed by atoms with Crippen LogP contribution in [0.25, 0.3) is 0 Å². The second-order valence-electron chi connectivity index (χ2n) is 6.52. The zero-order chi connectivity index (χ0) is 26.5. The number of rotatable bonds is 9. The van der Waals surface area contributed by atoms with Crippen LogP contribution in [0.15, 0.2) is 0 Å². The molecule has 0 aliphatic rings. The summed E-state index contributed by atoms with van der Waals surface area (Å²) in [5, 5.41) is 52.7. The molecule has 0 heterocycles. The molecule has 5 atom stereocenters. The topological polar surface area (TPSA) is 242 Å². The second-order valence-corrected chi connectivity index (χ2v) is 8.80. The lowest BCUT2D eigenvalue weighted by Crippen LogP contribution is -2.82. The number of primary amides is 1. The summed E-state index contributed by atoms with van der Waals surface area (Å²) in [5.41, 5.74) is -6.60. The molecular weight excluding hydrogens is 503 g/mol. The summed E-state index contributed by atoms with van der Waals surface area (Å²) in [6.07, 6.45) is -5.83. The summed E-state index contributed by atoms with van der Waals surface area (Å²) < 4.78 is -1.94. The second kappa shape index (κ2) is 11.4. The summed E-state index contributed by atoms with van der Waals surface area (Å²) in [7, 11) is 0. The highest BCUT2D eigenvalue weighted by Gasteiger charge is 2.72. The third kappa shape index (κ3) is 6.65. The number of hydrogen-bond donors (Lipinski definition) is 7. The van der Waals surface area contributed by atoms with E-state index in [0.29, 0.717) is 13.8 Å². The van der Waals surface area contributed by atoms with Crippen molar-refractivity contribution in [2.45, 2.75) is 60.6 Å². The summed E-state index contributed by atoms with van der Waals surface area (Å²) in [5.74, 6) is -6.47. The fourth-order valence-electron chi connectivity index (χ4n) is 2.43. The first-order valence-corrected chi connectivity index (χ1v) is 9.38. The Morgan fingerprint density at radius 2 is 1.28 bits per heavy atom. The number of aldehydes is 1. The number of hydrogen-bond acceptors (Lipinski definition) is 11. The van der Waals surface area contributed by atoms with Gasteiger partial charge in [-0.2, -0.15) is 0 Å². The fourth-order valence-corrected chi connectivity index (χ4v) is 2.43. The van der Waals surface area contributed by atoms with Gasteiger partial charge >= 0.3 is 0 Å². The van der Waals surface area contributed by atoms with E-state index in [1.165, 1.54) is 5.32 Å². The molecule has 0 rings (SSSR count). The Morgan fingerprint density at radius 1 is 0.906 bits per heavy atom. The number of alkyl halides is 3. The van der Waals surface area contributed by atoms with Crippen molar-refractivity contribution in [3.63, 3.8) is 0 Å². The van der Waals surface area contributed by atoms with Gasteiger partial charge in [0.15, 0.2) is 29.2 Å². The van der Waals surface area contributed by atoms with E-state index in [0.717, 1.165) is 13.8 Å². The minimum Gasteiger partial charge on any atom is -0.386 e. The molecule has 0 spiro atoms. The number of Topliss-reactive ketones (excluding diaryl/α,β-unsaturated/α-hetero) is 3. The number of carbonyl (C=O) groups excluding carboxylic acids is 6. The van der Waals surface area contributed by atoms with Crippen molar-refractivity contribution >= 4 is 70.3 Å². The lowest BCUT2D eigenvalue weighted by atomic mass is 9.66. The Bertz CT molecular complexity index is 788. The van der Waals surface area contributed by atoms with Crippen LogP contribution in [0.2, 0.25) is 0 Å². The van der Waals surface area contributed by atoms with Crippen molar-refractivity contribution in [2.24, 2.45) is 5.73 Å². The van der Waals surface area contributed by atoms with Gasteiger partial charge < -0.3 is 36.6 Å². The van der Waals surface area contributed by atoms with Crippen LogP contribution in [0.3, 0.4) is 0 Å². The molecule has 16 heteroatoms. The average Bonchev–Trinajstić information content (AvgIpc) is 2.63. The molecule has 0 radical (unpaired) electrons. The average molecular weight is 526 g/mol. The first kappa shape index (κ1) is 32.5. The standard InChI is InChI=1S/C14H21NO10.C2H2Cl3NO/c1-6(17)10(21)11(22)13(24,7(2)18)14(25,8(3)19)12(23,5-16)15-9(4)20;3-2(4,5)1(6)7/h5,10-11,21-25H,1-4H3,(H,15,20);(H2,6,7). The molecule has 0 bridgehead atoms. The number of aliphatic hydroxyl groups excluding tert-OH is 2. The maximum Gasteiger partial charge on any atom is 0.269 e. The van der Waals surface area contributed by atoms with Crippen molar-refractivity contribution in [3.05, 3.63) is 0 Å². The van der Waals surface area contributed by atoms with Crippen molar-refractivity contribution in [2.75, 3.05) is 0 Å². The number of aliphatic hydroxyl groups is 5. The van der Waals surface area contributed by atoms with Crippen molar-refractivity contribution in [3.8, 4) is 0 Å². The van der Waals surface area contributed by atoms with Crippen LogP contribution in [-0.2, 0) is 28.8 Å². The summed E-state index contributed by atoms with van der Waals surface area (Å²) in [6, 6.07) is 0. The third-order valence-electron chi connectivity index (χ3n) is 4.11. The molecule has 0 aromatic carbocycles. The monoisotopic (exact) mass is 524 g/mol. The van der Waals surface area contributed by atoms with E-state index in [4.69, 9.17) is 34.8 Å². The van der Waals surface area contributed by atoms with E-state index in [2.05, 4.69) is 5.73 Å². The molecule has 5 unspecified atom stereocenters. The van der Waals surface area contributed by atoms with Crippen molar-refractivity contribution in [1.29, 1.82) is 0 Å². The molecular formula is C16H23Cl3N2O11. The van der Waals surface area contributed by atoms with E-state index in [1.54, 1.807) is 0 Å². The van der Waals surface area contributed by atoms with Gasteiger partial charge in [-0.05, 0) is 20.8 Å². The summed E-state index contributed by atoms with van der Waals surface area (Å²) in [4.78, 5) is 67.5. The van der Waals surface area contributed by atoms with Gasteiger partial charge in [-0.25, -0.2) is 0 Å². The van der Waals surface area contributed by atoms with E-state index >= 15 is 0 Å². The molecule has 0 aromatic rings. The van der Waals surface area contributed by atoms with E-state index in [9.17, 15) is 54.3 Å². The van der Waals surface area contributed by atoms with Crippen LogP contribution in [0.4, 0.5) is 0 Å². The first-order chi connectivity index (χ1) is 14.1. The van der Waals surface area contributed by atoms with Gasteiger partial charge in [-0.1, -0.05) is 34.8 Å². The van der Waals surface area contributed by atoms with E-state index in [1.807, 2.05) is 0 Å². The van der Waals surface area contributed by atoms with Crippen LogP contribution < -0.4 is 11.1 Å². The lowest BCUT2D eigenvalue weighted by Gasteiger charge is -2.49. The van der Waals surface area contributed by atoms with Gasteiger partial charge in [-0.15, -0.1) is 0 Å². The van der Waals surface area contributed by atoms with Crippen LogP contribution in [-0.4, -0.2) is 93.9 Å². The van der Waals surface area contributed by atoms with Gasteiger partial charge in [-0.3, -0.25) is 28.8 Å². The molecule has 13 nitrogen and oxygen atoms in total. The molecule has 32 heavy (non-hydrogen) atoms. The number of ketones is 3. The lowest BCUT2D eigenvalue weighted by molar-refractivity contribution is -0.257. The normalized spacial score (nSPS) is 18.8. The molecule has 0 aromatic heterocycles. The Morgan fingerprint density at radius 3 is 1.47 bits per heavy atom. The van der Waals surface area contributed by atoms with E-state index in [-0.39, 0.29) is 0 Å². The van der Waals surface area contributed by atoms with Crippen LogP contribution in [0, 0.1) is 0 Å². The summed E-state index contributed by atoms with van der Waals surface area (Å²) in [6.45, 7) is 2.64. The highest BCUT2D eigenvalue weighted by atomic mass is 35.6. The van der Waals surface area contributed by atoms with E-state index < -0.39 is 68.4 Å². The number of carbonyl (C=O) groups is 6. The zero-order valence-electron chi connectivity index (χ0n) is 17.1. The predicted octanol–water partition coefficient (Wildman–Crippen LogP) is -3.20. The molecule has 0 aliphatic heterocycles. The Balaban J connectivity index is 0. The van der Waals surface area contributed by atoms with Gasteiger partial charge in [0, 0.05) is 6.92 Å². The largest absolute Gasteiger partial charge is 0.386 e. The van der Waals surface area contributed by atoms with Gasteiger partial charge in [0.1, 0.15) is 12.2 Å². The maximum atomic E-state index is 12.0. The third-order valence-corrected chi connectivity index (χ3v) is 4.67. The zero-order valence-corrected chi connectivity index (χ0v) is 19.4. The highest BCUT2D eigenvalue weighted by Crippen LogP contribution is 2.37. The summed E-state index contributed by atoms with van der Waals surface area (Å²) >= 11 is 14.8. The molecule has 184 valence electrons. The van der Waals surface area contributed by atoms with Crippen LogP contribution in [0.5, 0.6) is 0 Å². The quantitative estimate of drug-likeness (QED) is 0.0897. The maximum absolute atomic E-state index is 12.0. The van der Waals surface area contributed by atoms with Gasteiger partial charge in [0.25, 0.3) is 9.70 Å². The number of amides is 2. The number of nitrogens with one attached hydrogen (secondary N) is 1. The fraction of sp³-hybridized carbons (Fsp3) is 0.625. The smallest absolute Gasteiger partial charge is 0.269 e. The molecule has 0 aliphatic carbocycles. The molecule has 0 fully saturated rings. The SMILES string of the molecule is CC(=O)NC(O)(C=O)C(O)(C(C)=O)C(O)(C(C)=O)C(O)C(O)C(C)=O.NC(=O)C(Cl)(Cl)Cl. The molecule has 0 saturated heterocycles. The van der Waals surface area contributed by atoms with Gasteiger partial charge in [0.05, 0.1) is 0 Å². The predicted molar refractivity (Wildman–Crippen MR) is 108 cm³/mol. The molecule has 0 saturated carbocycles. The Kier molecular flexibility index (Phi) is 11.6. The van der Waals surface area contributed by atoms with Gasteiger partial charge in [0.2, 0.25) is 17.2 Å². The van der Waals surface area contributed by atoms with Crippen molar-refractivity contribution < 1.29 is 54.3 Å². The molecule has 8 N–H and O–H groups in total. The number of nitrogens with two attached hydrogens (primary N) is 1. The van der Waals surface area contributed by atoms with Crippen LogP contribution >= 0.6 is 34.8 Å². The minimum absolute atomic E-state index is 0.539. The van der Waals surface area contributed by atoms with Crippen molar-refractivity contribution in [1.82, 2.24) is 5.32 Å². The Hall–Kier alpha value is -1.71. The Labute approximate surface area is 196 Å².